The number of phenolic OH excluding ortho intramolecular Hbond substituents is 1. The first-order valence-electron chi connectivity index (χ1n) is 4.91. The summed E-state index contributed by atoms with van der Waals surface area (Å²) in [6.07, 6.45) is 0. The molecule has 4 heteroatoms. The molecule has 16 heavy (non-hydrogen) atoms. The second-order valence-electron chi connectivity index (χ2n) is 3.75. The Balaban J connectivity index is 2.69. The predicted molar refractivity (Wildman–Crippen MR) is 60.2 cm³/mol. The average molecular weight is 219 g/mol. The van der Waals surface area contributed by atoms with Gasteiger partial charge in [-0.15, -0.1) is 0 Å². The fourth-order valence-electron chi connectivity index (χ4n) is 1.65. The molecule has 2 rings (SSSR count). The summed E-state index contributed by atoms with van der Waals surface area (Å²) in [6.45, 7) is 3.45. The van der Waals surface area contributed by atoms with Gasteiger partial charge in [-0.1, -0.05) is 6.07 Å². The van der Waals surface area contributed by atoms with Gasteiger partial charge in [0.05, 0.1) is 5.69 Å². The van der Waals surface area contributed by atoms with Gasteiger partial charge in [0.15, 0.2) is 0 Å². The van der Waals surface area contributed by atoms with Gasteiger partial charge in [-0.25, -0.2) is 0 Å². The molecule has 4 nitrogen and oxygen atoms in total. The van der Waals surface area contributed by atoms with Crippen LogP contribution in [0.5, 0.6) is 17.5 Å². The van der Waals surface area contributed by atoms with Crippen LogP contribution >= 0.6 is 0 Å². The summed E-state index contributed by atoms with van der Waals surface area (Å²) >= 11 is 0. The summed E-state index contributed by atoms with van der Waals surface area (Å²) in [5, 5.41) is 29.1. The normalized spacial score (nSPS) is 10.6. The smallest absolute Gasteiger partial charge is 0.201 e. The van der Waals surface area contributed by atoms with Gasteiger partial charge < -0.3 is 15.3 Å². The van der Waals surface area contributed by atoms with Crippen molar-refractivity contribution < 1.29 is 15.3 Å². The molecule has 0 aliphatic heterocycles. The largest absolute Gasteiger partial charge is 0.508 e. The van der Waals surface area contributed by atoms with E-state index >= 15 is 0 Å². The number of benzene rings is 1. The molecule has 0 amide bonds. The second-order valence-corrected chi connectivity index (χ2v) is 3.75. The molecule has 84 valence electrons. The number of hydrogen-bond acceptors (Lipinski definition) is 3. The van der Waals surface area contributed by atoms with E-state index in [4.69, 9.17) is 0 Å². The van der Waals surface area contributed by atoms with Crippen molar-refractivity contribution >= 4 is 0 Å². The van der Waals surface area contributed by atoms with Crippen LogP contribution in [-0.4, -0.2) is 19.9 Å². The molecule has 0 fully saturated rings. The van der Waals surface area contributed by atoms with Crippen LogP contribution in [0.15, 0.2) is 24.3 Å². The Morgan fingerprint density at radius 2 is 1.50 bits per heavy atom. The minimum atomic E-state index is -0.0133. The lowest BCUT2D eigenvalue weighted by Gasteiger charge is -2.07. The average Bonchev–Trinajstić information content (AvgIpc) is 2.44. The van der Waals surface area contributed by atoms with E-state index in [1.807, 2.05) is 0 Å². The summed E-state index contributed by atoms with van der Waals surface area (Å²) in [7, 11) is 0. The SMILES string of the molecule is Cc1c(C)c(O)n(-c2cccc(O)c2)c1O. The number of nitrogens with zero attached hydrogens (tertiary/aromatic N) is 1. The van der Waals surface area contributed by atoms with E-state index in [0.29, 0.717) is 16.8 Å². The zero-order valence-corrected chi connectivity index (χ0v) is 9.10. The van der Waals surface area contributed by atoms with Crippen LogP contribution < -0.4 is 0 Å². The van der Waals surface area contributed by atoms with E-state index in [0.717, 1.165) is 0 Å². The Morgan fingerprint density at radius 1 is 0.938 bits per heavy atom. The quantitative estimate of drug-likeness (QED) is 0.689. The van der Waals surface area contributed by atoms with Gasteiger partial charge in [-0.05, 0) is 26.0 Å². The monoisotopic (exact) mass is 219 g/mol. The fourth-order valence-corrected chi connectivity index (χ4v) is 1.65. The summed E-state index contributed by atoms with van der Waals surface area (Å²) in [5.41, 5.74) is 1.77. The Bertz CT molecular complexity index is 518. The van der Waals surface area contributed by atoms with Crippen molar-refractivity contribution in [3.63, 3.8) is 0 Å². The van der Waals surface area contributed by atoms with Crippen LogP contribution in [-0.2, 0) is 0 Å². The van der Waals surface area contributed by atoms with Crippen LogP contribution in [0.1, 0.15) is 11.1 Å². The van der Waals surface area contributed by atoms with Gasteiger partial charge in [-0.3, -0.25) is 4.57 Å². The highest BCUT2D eigenvalue weighted by molar-refractivity contribution is 5.52. The van der Waals surface area contributed by atoms with Gasteiger partial charge in [0.25, 0.3) is 0 Å². The lowest BCUT2D eigenvalue weighted by Crippen LogP contribution is -1.92. The number of rotatable bonds is 1. The molecule has 0 saturated carbocycles. The lowest BCUT2D eigenvalue weighted by molar-refractivity contribution is 0.400. The van der Waals surface area contributed by atoms with Crippen molar-refractivity contribution in [2.75, 3.05) is 0 Å². The molecule has 0 aliphatic rings. The van der Waals surface area contributed by atoms with Gasteiger partial charge in [0.1, 0.15) is 5.75 Å². The topological polar surface area (TPSA) is 65.6 Å². The van der Waals surface area contributed by atoms with Gasteiger partial charge >= 0.3 is 0 Å². The third kappa shape index (κ3) is 1.39. The highest BCUT2D eigenvalue weighted by Gasteiger charge is 2.17. The molecule has 1 heterocycles. The summed E-state index contributed by atoms with van der Waals surface area (Å²) < 4.78 is 1.30. The van der Waals surface area contributed by atoms with Crippen LogP contribution in [0.4, 0.5) is 0 Å². The fraction of sp³-hybridized carbons (Fsp3) is 0.167. The van der Waals surface area contributed by atoms with Crippen molar-refractivity contribution in [1.29, 1.82) is 0 Å². The molecule has 0 radical (unpaired) electrons. The number of phenols is 1. The van der Waals surface area contributed by atoms with Crippen molar-refractivity contribution in [3.05, 3.63) is 35.4 Å². The maximum Gasteiger partial charge on any atom is 0.201 e. The highest BCUT2D eigenvalue weighted by atomic mass is 16.3. The molecule has 0 aliphatic carbocycles. The van der Waals surface area contributed by atoms with Crippen LogP contribution in [0.25, 0.3) is 5.69 Å². The molecule has 0 unspecified atom stereocenters. The van der Waals surface area contributed by atoms with Gasteiger partial charge in [-0.2, -0.15) is 0 Å². The molecular weight excluding hydrogens is 206 g/mol. The Kier molecular flexibility index (Phi) is 2.27. The molecule has 0 bridgehead atoms. The Morgan fingerprint density at radius 3 is 2.00 bits per heavy atom. The van der Waals surface area contributed by atoms with Crippen LogP contribution in [0, 0.1) is 13.8 Å². The molecule has 3 N–H and O–H groups in total. The Labute approximate surface area is 93.0 Å². The van der Waals surface area contributed by atoms with Gasteiger partial charge in [0, 0.05) is 17.2 Å². The molecule has 2 aromatic rings. The number of aromatic hydroxyl groups is 3. The van der Waals surface area contributed by atoms with Gasteiger partial charge in [0.2, 0.25) is 11.8 Å². The molecule has 1 aromatic heterocycles. The standard InChI is InChI=1S/C12H13NO3/c1-7-8(2)12(16)13(11(7)15)9-4-3-5-10(14)6-9/h3-6,14-16H,1-2H3. The number of hydrogen-bond donors (Lipinski definition) is 3. The highest BCUT2D eigenvalue weighted by Crippen LogP contribution is 2.35. The van der Waals surface area contributed by atoms with Crippen molar-refractivity contribution in [2.24, 2.45) is 0 Å². The van der Waals surface area contributed by atoms with E-state index in [2.05, 4.69) is 0 Å². The first-order valence-corrected chi connectivity index (χ1v) is 4.91. The maximum atomic E-state index is 9.86. The third-order valence-electron chi connectivity index (χ3n) is 2.74. The van der Waals surface area contributed by atoms with Crippen molar-refractivity contribution in [3.8, 4) is 23.2 Å². The van der Waals surface area contributed by atoms with E-state index < -0.39 is 0 Å². The lowest BCUT2D eigenvalue weighted by atomic mass is 10.2. The molecule has 0 atom stereocenters. The number of aromatic nitrogens is 1. The predicted octanol–water partition coefficient (Wildman–Crippen LogP) is 2.21. The van der Waals surface area contributed by atoms with E-state index in [9.17, 15) is 15.3 Å². The minimum Gasteiger partial charge on any atom is -0.508 e. The van der Waals surface area contributed by atoms with E-state index in [1.165, 1.54) is 16.7 Å². The molecular formula is C12H13NO3. The van der Waals surface area contributed by atoms with E-state index in [-0.39, 0.29) is 17.5 Å². The maximum absolute atomic E-state index is 9.86. The summed E-state index contributed by atoms with van der Waals surface area (Å²) in [5.74, 6) is 0.0570. The van der Waals surface area contributed by atoms with Crippen molar-refractivity contribution in [1.82, 2.24) is 4.57 Å². The summed E-state index contributed by atoms with van der Waals surface area (Å²) in [4.78, 5) is 0. The summed E-state index contributed by atoms with van der Waals surface area (Å²) in [6, 6.07) is 6.34. The molecule has 0 saturated heterocycles. The van der Waals surface area contributed by atoms with Crippen LogP contribution in [0.2, 0.25) is 0 Å². The van der Waals surface area contributed by atoms with Crippen LogP contribution in [0.3, 0.4) is 0 Å². The Hall–Kier alpha value is -2.10. The zero-order valence-electron chi connectivity index (χ0n) is 9.10. The molecule has 1 aromatic carbocycles. The van der Waals surface area contributed by atoms with Crippen molar-refractivity contribution in [2.45, 2.75) is 13.8 Å². The first kappa shape index (κ1) is 10.4. The van der Waals surface area contributed by atoms with E-state index in [1.54, 1.807) is 26.0 Å². The second kappa shape index (κ2) is 3.48. The zero-order chi connectivity index (χ0) is 11.9. The third-order valence-corrected chi connectivity index (χ3v) is 2.74. The minimum absolute atomic E-state index is 0.0133. The molecule has 0 spiro atoms. The first-order chi connectivity index (χ1) is 7.52.